The van der Waals surface area contributed by atoms with Crippen LogP contribution in [0.2, 0.25) is 0 Å². The van der Waals surface area contributed by atoms with E-state index in [1.54, 1.807) is 0 Å². The van der Waals surface area contributed by atoms with E-state index >= 15 is 0 Å². The van der Waals surface area contributed by atoms with Gasteiger partial charge in [0.05, 0.1) is 0 Å². The second kappa shape index (κ2) is 45.6. The van der Waals surface area contributed by atoms with E-state index in [2.05, 4.69) is 32.6 Å². The summed E-state index contributed by atoms with van der Waals surface area (Å²) in [5.41, 5.74) is 0. The Morgan fingerprint density at radius 2 is 0.786 bits per heavy atom. The topological polar surface area (TPSA) is 76.1 Å². The van der Waals surface area contributed by atoms with Crippen molar-refractivity contribution in [1.82, 2.24) is 4.90 Å². The van der Waals surface area contributed by atoms with Gasteiger partial charge < -0.3 is 19.5 Å². The third-order valence-electron chi connectivity index (χ3n) is 10.8. The van der Waals surface area contributed by atoms with Crippen LogP contribution in [0.3, 0.4) is 0 Å². The number of rotatable bonds is 46. The lowest BCUT2D eigenvalue weighted by atomic mass is 10.1. The second-order valence-electron chi connectivity index (χ2n) is 16.5. The van der Waals surface area contributed by atoms with Crippen LogP contribution in [0.25, 0.3) is 0 Å². The van der Waals surface area contributed by atoms with Crippen LogP contribution in [0.1, 0.15) is 233 Å². The number of aliphatic hydroxyl groups excluding tert-OH is 1. The van der Waals surface area contributed by atoms with E-state index in [1.807, 2.05) is 23.5 Å². The largest absolute Gasteiger partial charge is 0.461 e. The summed E-state index contributed by atoms with van der Waals surface area (Å²) in [5.74, 6) is 4.18. The lowest BCUT2D eigenvalue weighted by Crippen LogP contribution is -2.27. The Bertz CT molecular complexity index is 758. The molecule has 0 heterocycles. The second-order valence-corrected chi connectivity index (χ2v) is 18.8. The molecule has 8 heteroatoms. The molecule has 0 rings (SSSR count). The summed E-state index contributed by atoms with van der Waals surface area (Å²) < 4.78 is 12.0. The first-order valence-electron chi connectivity index (χ1n) is 24.4. The van der Waals surface area contributed by atoms with Crippen molar-refractivity contribution in [2.24, 2.45) is 0 Å². The lowest BCUT2D eigenvalue weighted by molar-refractivity contribution is -0.149. The van der Waals surface area contributed by atoms with Gasteiger partial charge in [-0.3, -0.25) is 9.59 Å². The summed E-state index contributed by atoms with van der Waals surface area (Å²) in [6.45, 7) is 12.6. The zero-order valence-electron chi connectivity index (χ0n) is 37.8. The predicted molar refractivity (Wildman–Crippen MR) is 248 cm³/mol. The van der Waals surface area contributed by atoms with Gasteiger partial charge in [-0.2, -0.15) is 23.5 Å². The highest BCUT2D eigenvalue weighted by Gasteiger charge is 2.16. The van der Waals surface area contributed by atoms with Gasteiger partial charge in [0, 0.05) is 31.0 Å². The molecule has 0 saturated heterocycles. The Hall–Kier alpha value is -0.440. The number of aliphatic hydroxyl groups is 1. The van der Waals surface area contributed by atoms with E-state index in [0.29, 0.717) is 12.8 Å². The smallest absolute Gasteiger partial charge is 0.306 e. The average Bonchev–Trinajstić information content (AvgIpc) is 3.19. The lowest BCUT2D eigenvalue weighted by Gasteiger charge is -2.22. The molecule has 0 aliphatic rings. The van der Waals surface area contributed by atoms with Gasteiger partial charge in [-0.05, 0) is 108 Å². The van der Waals surface area contributed by atoms with E-state index in [-0.39, 0.29) is 30.8 Å². The number of unbranched alkanes of at least 4 members (excludes halogenated alkanes) is 21. The van der Waals surface area contributed by atoms with E-state index < -0.39 is 0 Å². The molecule has 56 heavy (non-hydrogen) atoms. The van der Waals surface area contributed by atoms with Crippen molar-refractivity contribution in [3.8, 4) is 0 Å². The maximum absolute atomic E-state index is 12.6. The van der Waals surface area contributed by atoms with E-state index in [0.717, 1.165) is 107 Å². The van der Waals surface area contributed by atoms with Crippen LogP contribution in [0.15, 0.2) is 0 Å². The summed E-state index contributed by atoms with van der Waals surface area (Å²) in [7, 11) is 0. The Kier molecular flexibility index (Phi) is 45.3. The van der Waals surface area contributed by atoms with E-state index in [9.17, 15) is 14.7 Å². The number of nitrogens with zero attached hydrogens (tertiary/aromatic N) is 1. The van der Waals surface area contributed by atoms with Crippen molar-refractivity contribution in [1.29, 1.82) is 0 Å². The summed E-state index contributed by atoms with van der Waals surface area (Å²) in [5, 5.41) is 9.36. The van der Waals surface area contributed by atoms with Gasteiger partial charge in [0.1, 0.15) is 12.2 Å². The van der Waals surface area contributed by atoms with Crippen LogP contribution in [-0.4, -0.2) is 83.4 Å². The Morgan fingerprint density at radius 1 is 0.446 bits per heavy atom. The van der Waals surface area contributed by atoms with E-state index in [4.69, 9.17) is 9.47 Å². The quantitative estimate of drug-likeness (QED) is 0.0480. The van der Waals surface area contributed by atoms with Crippen LogP contribution >= 0.6 is 23.5 Å². The Balaban J connectivity index is 4.42. The first-order chi connectivity index (χ1) is 27.5. The number of carbonyl (C=O) groups is 2. The number of thioether (sulfide) groups is 2. The first kappa shape index (κ1) is 55.6. The highest BCUT2D eigenvalue weighted by molar-refractivity contribution is 7.99. The van der Waals surface area contributed by atoms with Crippen LogP contribution < -0.4 is 0 Å². The van der Waals surface area contributed by atoms with Gasteiger partial charge in [0.15, 0.2) is 0 Å². The number of esters is 2. The molecule has 0 fully saturated rings. The fraction of sp³-hybridized carbons (Fsp3) is 0.958. The summed E-state index contributed by atoms with van der Waals surface area (Å²) >= 11 is 3.95. The molecule has 0 spiro atoms. The number of hydrogen-bond acceptors (Lipinski definition) is 8. The predicted octanol–water partition coefficient (Wildman–Crippen LogP) is 14.1. The summed E-state index contributed by atoms with van der Waals surface area (Å²) in [6, 6.07) is 0. The minimum absolute atomic E-state index is 0.0140. The first-order valence-corrected chi connectivity index (χ1v) is 26.7. The van der Waals surface area contributed by atoms with Gasteiger partial charge in [0.25, 0.3) is 0 Å². The normalized spacial score (nSPS) is 12.7. The van der Waals surface area contributed by atoms with Crippen molar-refractivity contribution in [2.75, 3.05) is 49.3 Å². The SMILES string of the molecule is CCCCCCCCC(=O)OC(CCCCCC)CSCCCCCN(CCCCO)CCCCCSCC(CCCCCC)OC(=O)CCCCCCCC. The molecule has 0 saturated carbocycles. The molecule has 0 bridgehead atoms. The summed E-state index contributed by atoms with van der Waals surface area (Å²) in [6.07, 6.45) is 36.7. The minimum Gasteiger partial charge on any atom is -0.461 e. The maximum atomic E-state index is 12.6. The van der Waals surface area contributed by atoms with Crippen molar-refractivity contribution in [3.63, 3.8) is 0 Å². The molecule has 2 atom stereocenters. The molecule has 0 aromatic heterocycles. The molecule has 0 radical (unpaired) electrons. The fourth-order valence-electron chi connectivity index (χ4n) is 7.18. The van der Waals surface area contributed by atoms with Crippen molar-refractivity contribution in [3.05, 3.63) is 0 Å². The molecule has 0 aromatic rings. The number of ether oxygens (including phenoxy) is 2. The van der Waals surface area contributed by atoms with Gasteiger partial charge in [0.2, 0.25) is 0 Å². The fourth-order valence-corrected chi connectivity index (χ4v) is 9.33. The standard InChI is InChI=1S/C48H95NO5S2/c1-5-9-13-17-19-25-35-47(51)53-45(33-23-15-11-7-3)43-55-41-31-21-27-37-49(39-29-30-40-50)38-28-22-32-42-56-44-46(34-24-16-12-8-4)54-48(52)36-26-20-18-14-10-6-2/h45-46,50H,5-44H2,1-4H3. The highest BCUT2D eigenvalue weighted by Crippen LogP contribution is 2.19. The van der Waals surface area contributed by atoms with E-state index in [1.165, 1.54) is 128 Å². The van der Waals surface area contributed by atoms with Gasteiger partial charge >= 0.3 is 11.9 Å². The van der Waals surface area contributed by atoms with Crippen molar-refractivity contribution < 1.29 is 24.2 Å². The summed E-state index contributed by atoms with van der Waals surface area (Å²) in [4.78, 5) is 27.8. The van der Waals surface area contributed by atoms with Crippen molar-refractivity contribution in [2.45, 2.75) is 245 Å². The molecule has 0 amide bonds. The third kappa shape index (κ3) is 40.3. The Morgan fingerprint density at radius 3 is 1.18 bits per heavy atom. The van der Waals surface area contributed by atoms with Crippen LogP contribution in [0.5, 0.6) is 0 Å². The highest BCUT2D eigenvalue weighted by atomic mass is 32.2. The number of hydrogen-bond donors (Lipinski definition) is 1. The molecule has 0 aliphatic carbocycles. The molecular weight excluding hydrogens is 735 g/mol. The van der Waals surface area contributed by atoms with Crippen LogP contribution in [0, 0.1) is 0 Å². The minimum atomic E-state index is 0.0140. The van der Waals surface area contributed by atoms with Crippen LogP contribution in [-0.2, 0) is 19.1 Å². The average molecular weight is 830 g/mol. The van der Waals surface area contributed by atoms with Gasteiger partial charge in [-0.15, -0.1) is 0 Å². The zero-order valence-corrected chi connectivity index (χ0v) is 39.4. The van der Waals surface area contributed by atoms with Crippen molar-refractivity contribution >= 4 is 35.5 Å². The molecule has 0 aromatic carbocycles. The van der Waals surface area contributed by atoms with Gasteiger partial charge in [-0.25, -0.2) is 0 Å². The zero-order chi connectivity index (χ0) is 41.0. The molecular formula is C48H95NO5S2. The molecule has 1 N–H and O–H groups in total. The maximum Gasteiger partial charge on any atom is 0.306 e. The monoisotopic (exact) mass is 830 g/mol. The van der Waals surface area contributed by atoms with Gasteiger partial charge in [-0.1, -0.05) is 143 Å². The molecule has 0 aliphatic heterocycles. The molecule has 6 nitrogen and oxygen atoms in total. The molecule has 2 unspecified atom stereocenters. The molecule has 334 valence electrons. The third-order valence-corrected chi connectivity index (χ3v) is 13.2. The number of carbonyl (C=O) groups excluding carboxylic acids is 2. The Labute approximate surface area is 357 Å². The van der Waals surface area contributed by atoms with Crippen LogP contribution in [0.4, 0.5) is 0 Å².